The van der Waals surface area contributed by atoms with Crippen molar-refractivity contribution in [1.82, 2.24) is 10.2 Å². The molecule has 0 saturated carbocycles. The van der Waals surface area contributed by atoms with E-state index in [1.54, 1.807) is 0 Å². The number of piperazine rings is 1. The molecule has 2 aliphatic rings. The fourth-order valence-corrected chi connectivity index (χ4v) is 2.91. The van der Waals surface area contributed by atoms with E-state index in [9.17, 15) is 4.79 Å². The first-order chi connectivity index (χ1) is 9.65. The molecule has 0 aliphatic carbocycles. The summed E-state index contributed by atoms with van der Waals surface area (Å²) in [5.74, 6) is 1.27. The van der Waals surface area contributed by atoms with Crippen LogP contribution in [0.3, 0.4) is 0 Å². The van der Waals surface area contributed by atoms with Crippen molar-refractivity contribution in [2.24, 2.45) is 0 Å². The van der Waals surface area contributed by atoms with Crippen molar-refractivity contribution in [3.63, 3.8) is 0 Å². The van der Waals surface area contributed by atoms with Crippen LogP contribution in [0, 0.1) is 0 Å². The predicted octanol–water partition coefficient (Wildman–Crippen LogP) is 1.70. The number of hydrogen-bond acceptors (Lipinski definition) is 4. The van der Waals surface area contributed by atoms with Crippen LogP contribution in [0.4, 0.5) is 0 Å². The number of ether oxygens (including phenoxy) is 2. The van der Waals surface area contributed by atoms with Crippen molar-refractivity contribution >= 4 is 18.3 Å². The van der Waals surface area contributed by atoms with Crippen LogP contribution in [0.25, 0.3) is 0 Å². The second kappa shape index (κ2) is 6.54. The summed E-state index contributed by atoms with van der Waals surface area (Å²) in [6.45, 7) is 6.64. The smallest absolute Gasteiger partial charge is 0.257 e. The van der Waals surface area contributed by atoms with Gasteiger partial charge in [-0.3, -0.25) is 4.79 Å². The number of carbonyl (C=O) groups excluding carboxylic acids is 1. The van der Waals surface area contributed by atoms with Crippen molar-refractivity contribution in [3.8, 4) is 11.5 Å². The highest BCUT2D eigenvalue weighted by Crippen LogP contribution is 2.34. The SMILES string of the molecule is CC1CN(C(=O)c2cccc3c2OCCO3)CC(C)N1.Cl. The van der Waals surface area contributed by atoms with Gasteiger partial charge in [0.2, 0.25) is 0 Å². The maximum Gasteiger partial charge on any atom is 0.257 e. The third-order valence-corrected chi connectivity index (χ3v) is 3.64. The zero-order valence-corrected chi connectivity index (χ0v) is 13.1. The number of para-hydroxylation sites is 1. The minimum atomic E-state index is 0. The lowest BCUT2D eigenvalue weighted by Crippen LogP contribution is -2.55. The molecule has 6 heteroatoms. The standard InChI is InChI=1S/C15H20N2O3.ClH/c1-10-8-17(9-11(2)16-10)15(18)12-4-3-5-13-14(12)20-7-6-19-13;/h3-5,10-11,16H,6-9H2,1-2H3;1H. The number of halogens is 1. The number of hydrogen-bond donors (Lipinski definition) is 1. The summed E-state index contributed by atoms with van der Waals surface area (Å²) in [6.07, 6.45) is 0. The Balaban J connectivity index is 0.00000161. The van der Waals surface area contributed by atoms with Crippen LogP contribution in [0.1, 0.15) is 24.2 Å². The topological polar surface area (TPSA) is 50.8 Å². The van der Waals surface area contributed by atoms with Crippen LogP contribution in [-0.2, 0) is 0 Å². The van der Waals surface area contributed by atoms with Gasteiger partial charge in [-0.05, 0) is 26.0 Å². The van der Waals surface area contributed by atoms with Crippen molar-refractivity contribution in [1.29, 1.82) is 0 Å². The van der Waals surface area contributed by atoms with E-state index in [0.717, 1.165) is 0 Å². The Morgan fingerprint density at radius 2 is 1.86 bits per heavy atom. The van der Waals surface area contributed by atoms with Crippen molar-refractivity contribution < 1.29 is 14.3 Å². The molecule has 116 valence electrons. The Morgan fingerprint density at radius 1 is 1.19 bits per heavy atom. The maximum atomic E-state index is 12.7. The fourth-order valence-electron chi connectivity index (χ4n) is 2.91. The summed E-state index contributed by atoms with van der Waals surface area (Å²) in [6, 6.07) is 6.11. The Hall–Kier alpha value is -1.46. The van der Waals surface area contributed by atoms with Crippen molar-refractivity contribution in [2.45, 2.75) is 25.9 Å². The molecule has 1 N–H and O–H groups in total. The number of benzene rings is 1. The molecule has 2 heterocycles. The second-order valence-electron chi connectivity index (χ2n) is 5.51. The van der Waals surface area contributed by atoms with Gasteiger partial charge < -0.3 is 19.7 Å². The first-order valence-corrected chi connectivity index (χ1v) is 7.09. The Bertz CT molecular complexity index is 514. The van der Waals surface area contributed by atoms with Gasteiger partial charge >= 0.3 is 0 Å². The van der Waals surface area contributed by atoms with E-state index in [0.29, 0.717) is 55.4 Å². The van der Waals surface area contributed by atoms with E-state index in [2.05, 4.69) is 19.2 Å². The molecule has 1 aromatic carbocycles. The molecule has 3 rings (SSSR count). The minimum Gasteiger partial charge on any atom is -0.486 e. The van der Waals surface area contributed by atoms with Crippen LogP contribution >= 0.6 is 12.4 Å². The highest BCUT2D eigenvalue weighted by molar-refractivity contribution is 5.98. The molecule has 1 aromatic rings. The zero-order valence-electron chi connectivity index (χ0n) is 12.3. The summed E-state index contributed by atoms with van der Waals surface area (Å²) in [5, 5.41) is 3.43. The van der Waals surface area contributed by atoms with Crippen LogP contribution in [0.2, 0.25) is 0 Å². The van der Waals surface area contributed by atoms with Gasteiger partial charge in [0.15, 0.2) is 11.5 Å². The number of fused-ring (bicyclic) bond motifs is 1. The molecule has 0 aromatic heterocycles. The predicted molar refractivity (Wildman–Crippen MR) is 82.6 cm³/mol. The quantitative estimate of drug-likeness (QED) is 0.857. The molecule has 0 radical (unpaired) electrons. The second-order valence-corrected chi connectivity index (χ2v) is 5.51. The molecule has 1 saturated heterocycles. The molecule has 0 spiro atoms. The maximum absolute atomic E-state index is 12.7. The average molecular weight is 313 g/mol. The monoisotopic (exact) mass is 312 g/mol. The van der Waals surface area contributed by atoms with E-state index < -0.39 is 0 Å². The zero-order chi connectivity index (χ0) is 14.1. The number of nitrogens with zero attached hydrogens (tertiary/aromatic N) is 1. The van der Waals surface area contributed by atoms with Gasteiger partial charge in [-0.2, -0.15) is 0 Å². The summed E-state index contributed by atoms with van der Waals surface area (Å²) in [5.41, 5.74) is 0.600. The summed E-state index contributed by atoms with van der Waals surface area (Å²) in [7, 11) is 0. The molecule has 1 amide bonds. The number of amides is 1. The summed E-state index contributed by atoms with van der Waals surface area (Å²) in [4.78, 5) is 14.6. The van der Waals surface area contributed by atoms with Gasteiger partial charge in [-0.15, -0.1) is 12.4 Å². The summed E-state index contributed by atoms with van der Waals surface area (Å²) < 4.78 is 11.2. The highest BCUT2D eigenvalue weighted by Gasteiger charge is 2.29. The third kappa shape index (κ3) is 3.24. The fraction of sp³-hybridized carbons (Fsp3) is 0.533. The number of carbonyl (C=O) groups is 1. The van der Waals surface area contributed by atoms with Gasteiger partial charge in [0.1, 0.15) is 13.2 Å². The van der Waals surface area contributed by atoms with E-state index in [-0.39, 0.29) is 18.3 Å². The van der Waals surface area contributed by atoms with Gasteiger partial charge in [0.05, 0.1) is 5.56 Å². The Labute approximate surface area is 131 Å². The largest absolute Gasteiger partial charge is 0.486 e. The third-order valence-electron chi connectivity index (χ3n) is 3.64. The van der Waals surface area contributed by atoms with Crippen LogP contribution < -0.4 is 14.8 Å². The molecular weight excluding hydrogens is 292 g/mol. The van der Waals surface area contributed by atoms with E-state index >= 15 is 0 Å². The van der Waals surface area contributed by atoms with E-state index in [1.807, 2.05) is 23.1 Å². The number of rotatable bonds is 1. The van der Waals surface area contributed by atoms with Gasteiger partial charge in [0.25, 0.3) is 5.91 Å². The Morgan fingerprint density at radius 3 is 2.57 bits per heavy atom. The molecular formula is C15H21ClN2O3. The molecule has 0 bridgehead atoms. The molecule has 2 atom stereocenters. The lowest BCUT2D eigenvalue weighted by atomic mass is 10.1. The van der Waals surface area contributed by atoms with Crippen LogP contribution in [0.5, 0.6) is 11.5 Å². The molecule has 2 unspecified atom stereocenters. The van der Waals surface area contributed by atoms with E-state index in [1.165, 1.54) is 0 Å². The van der Waals surface area contributed by atoms with Crippen molar-refractivity contribution in [3.05, 3.63) is 23.8 Å². The summed E-state index contributed by atoms with van der Waals surface area (Å²) >= 11 is 0. The van der Waals surface area contributed by atoms with Crippen LogP contribution in [-0.4, -0.2) is 49.2 Å². The van der Waals surface area contributed by atoms with Crippen LogP contribution in [0.15, 0.2) is 18.2 Å². The molecule has 2 aliphatic heterocycles. The first kappa shape index (κ1) is 15.9. The average Bonchev–Trinajstić information content (AvgIpc) is 2.45. The molecule has 5 nitrogen and oxygen atoms in total. The first-order valence-electron chi connectivity index (χ1n) is 7.09. The van der Waals surface area contributed by atoms with E-state index in [4.69, 9.17) is 9.47 Å². The van der Waals surface area contributed by atoms with Gasteiger partial charge in [0, 0.05) is 25.2 Å². The molecule has 1 fully saturated rings. The van der Waals surface area contributed by atoms with Gasteiger partial charge in [-0.25, -0.2) is 0 Å². The Kier molecular flexibility index (Phi) is 4.96. The lowest BCUT2D eigenvalue weighted by molar-refractivity contribution is 0.0664. The normalized spacial score (nSPS) is 24.2. The minimum absolute atomic E-state index is 0. The lowest BCUT2D eigenvalue weighted by Gasteiger charge is -2.36. The number of nitrogens with one attached hydrogen (secondary N) is 1. The van der Waals surface area contributed by atoms with Gasteiger partial charge in [-0.1, -0.05) is 6.07 Å². The highest BCUT2D eigenvalue weighted by atomic mass is 35.5. The molecule has 21 heavy (non-hydrogen) atoms. The van der Waals surface area contributed by atoms with Crippen molar-refractivity contribution in [2.75, 3.05) is 26.3 Å².